The van der Waals surface area contributed by atoms with Gasteiger partial charge in [-0.25, -0.2) is 8.42 Å². The van der Waals surface area contributed by atoms with Crippen molar-refractivity contribution in [2.75, 3.05) is 0 Å². The van der Waals surface area contributed by atoms with Gasteiger partial charge in [-0.1, -0.05) is 43.1 Å². The van der Waals surface area contributed by atoms with E-state index in [1.54, 1.807) is 12.2 Å². The zero-order valence-electron chi connectivity index (χ0n) is 8.11. The summed E-state index contributed by atoms with van der Waals surface area (Å²) in [6, 6.07) is 0. The Morgan fingerprint density at radius 3 is 2.31 bits per heavy atom. The highest BCUT2D eigenvalue weighted by molar-refractivity contribution is 7.97. The third-order valence-corrected chi connectivity index (χ3v) is 4.96. The Labute approximate surface area is 80.6 Å². The Kier molecular flexibility index (Phi) is 2.63. The van der Waals surface area contributed by atoms with Crippen LogP contribution in [0.5, 0.6) is 0 Å². The molecule has 72 valence electrons. The minimum absolute atomic E-state index is 1.16. The fourth-order valence-corrected chi connectivity index (χ4v) is 3.05. The van der Waals surface area contributed by atoms with E-state index in [0.717, 1.165) is 5.20 Å². The van der Waals surface area contributed by atoms with Gasteiger partial charge in [-0.2, -0.15) is 0 Å². The largest absolute Gasteiger partial charge is 0.220 e. The quantitative estimate of drug-likeness (QED) is 0.627. The van der Waals surface area contributed by atoms with Crippen LogP contribution in [0, 0.1) is 0 Å². The van der Waals surface area contributed by atoms with Gasteiger partial charge in [0.25, 0.3) is 0 Å². The van der Waals surface area contributed by atoms with Crippen molar-refractivity contribution in [1.29, 1.82) is 0 Å². The molecule has 0 amide bonds. The van der Waals surface area contributed by atoms with E-state index < -0.39 is 17.9 Å². The number of sulfone groups is 1. The first kappa shape index (κ1) is 10.5. The number of hydrogen-bond acceptors (Lipinski definition) is 2. The molecule has 0 saturated heterocycles. The Hall–Kier alpha value is -0.613. The van der Waals surface area contributed by atoms with E-state index in [1.807, 2.05) is 6.08 Å². The Morgan fingerprint density at radius 2 is 1.77 bits per heavy atom. The van der Waals surface area contributed by atoms with E-state index in [9.17, 15) is 8.42 Å². The van der Waals surface area contributed by atoms with E-state index >= 15 is 0 Å². The highest BCUT2D eigenvalue weighted by Crippen LogP contribution is 2.18. The summed E-state index contributed by atoms with van der Waals surface area (Å²) in [6.07, 6.45) is 5.23. The third-order valence-electron chi connectivity index (χ3n) is 1.85. The molecule has 0 bridgehead atoms. The highest BCUT2D eigenvalue weighted by Gasteiger charge is 2.18. The molecule has 0 atom stereocenters. The van der Waals surface area contributed by atoms with Crippen molar-refractivity contribution in [2.24, 2.45) is 0 Å². The van der Waals surface area contributed by atoms with Crippen molar-refractivity contribution in [3.05, 3.63) is 34.2 Å². The van der Waals surface area contributed by atoms with Gasteiger partial charge in [0.2, 0.25) is 0 Å². The molecule has 0 saturated carbocycles. The summed E-state index contributed by atoms with van der Waals surface area (Å²) >= 11 is 0. The van der Waals surface area contributed by atoms with Crippen molar-refractivity contribution in [2.45, 2.75) is 19.6 Å². The van der Waals surface area contributed by atoms with Crippen LogP contribution >= 0.6 is 0 Å². The first-order valence-electron chi connectivity index (χ1n) is 4.13. The van der Waals surface area contributed by atoms with Crippen LogP contribution in [0.2, 0.25) is 19.6 Å². The summed E-state index contributed by atoms with van der Waals surface area (Å²) in [7, 11) is -4.50. The first-order valence-corrected chi connectivity index (χ1v) is 9.24. The van der Waals surface area contributed by atoms with Gasteiger partial charge in [0, 0.05) is 10.8 Å². The monoisotopic (exact) mass is 214 g/mol. The molecule has 2 nitrogen and oxygen atoms in total. The first-order chi connectivity index (χ1) is 5.81. The lowest BCUT2D eigenvalue weighted by Crippen LogP contribution is -2.22. The smallest absolute Gasteiger partial charge is 0.193 e. The molecule has 1 aliphatic heterocycles. The molecular formula is C9H14O2SSi. The van der Waals surface area contributed by atoms with Gasteiger partial charge in [-0.15, -0.1) is 0 Å². The summed E-state index contributed by atoms with van der Waals surface area (Å²) in [5, 5.41) is 3.67. The average molecular weight is 214 g/mol. The molecule has 4 heteroatoms. The third kappa shape index (κ3) is 2.97. The Bertz CT molecular complexity index is 380. The second kappa shape index (κ2) is 3.27. The van der Waals surface area contributed by atoms with E-state index in [0.29, 0.717) is 0 Å². The second-order valence-corrected chi connectivity index (χ2v) is 10.9. The molecule has 0 unspecified atom stereocenters. The van der Waals surface area contributed by atoms with Crippen molar-refractivity contribution in [3.8, 4) is 0 Å². The highest BCUT2D eigenvalue weighted by atomic mass is 32.2. The summed E-state index contributed by atoms with van der Waals surface area (Å²) in [5.41, 5.74) is 0. The number of rotatable bonds is 1. The average Bonchev–Trinajstić information content (AvgIpc) is 2.08. The van der Waals surface area contributed by atoms with E-state index in [-0.39, 0.29) is 0 Å². The van der Waals surface area contributed by atoms with Gasteiger partial charge in [0.1, 0.15) is 0 Å². The Balaban J connectivity index is 3.10. The molecular weight excluding hydrogens is 200 g/mol. The van der Waals surface area contributed by atoms with Crippen LogP contribution in [0.3, 0.4) is 0 Å². The van der Waals surface area contributed by atoms with Gasteiger partial charge in [-0.3, -0.25) is 0 Å². The fourth-order valence-electron chi connectivity index (χ4n) is 1.02. The van der Waals surface area contributed by atoms with Crippen LogP contribution in [-0.4, -0.2) is 16.5 Å². The van der Waals surface area contributed by atoms with Gasteiger partial charge >= 0.3 is 0 Å². The summed E-state index contributed by atoms with van der Waals surface area (Å²) in [6.45, 7) is 6.57. The van der Waals surface area contributed by atoms with Crippen LogP contribution < -0.4 is 0 Å². The minimum Gasteiger partial charge on any atom is -0.220 e. The molecule has 0 aliphatic carbocycles. The fraction of sp³-hybridized carbons (Fsp3) is 0.333. The normalized spacial score (nSPS) is 21.0. The number of hydrogen-bond donors (Lipinski definition) is 0. The molecule has 0 aromatic heterocycles. The molecule has 1 heterocycles. The van der Waals surface area contributed by atoms with Gasteiger partial charge in [0.05, 0.1) is 8.07 Å². The maximum absolute atomic E-state index is 11.2. The zero-order chi connectivity index (χ0) is 10.1. The topological polar surface area (TPSA) is 34.1 Å². The molecule has 0 aromatic carbocycles. The zero-order valence-corrected chi connectivity index (χ0v) is 9.93. The lowest BCUT2D eigenvalue weighted by molar-refractivity contribution is 0.612. The molecule has 0 radical (unpaired) electrons. The number of allylic oxidation sites excluding steroid dienone is 4. The predicted octanol–water partition coefficient (Wildman–Crippen LogP) is 2.25. The molecule has 1 aliphatic rings. The van der Waals surface area contributed by atoms with Crippen LogP contribution in [0.4, 0.5) is 0 Å². The van der Waals surface area contributed by atoms with E-state index in [1.165, 1.54) is 10.8 Å². The lowest BCUT2D eigenvalue weighted by atomic mass is 10.5. The van der Waals surface area contributed by atoms with Crippen LogP contribution in [0.1, 0.15) is 0 Å². The van der Waals surface area contributed by atoms with Gasteiger partial charge in [-0.05, 0) is 0 Å². The minimum atomic E-state index is -3.10. The predicted molar refractivity (Wildman–Crippen MR) is 58.6 cm³/mol. The van der Waals surface area contributed by atoms with Crippen LogP contribution in [-0.2, 0) is 9.84 Å². The molecule has 13 heavy (non-hydrogen) atoms. The molecule has 0 aromatic rings. The second-order valence-electron chi connectivity index (χ2n) is 4.09. The summed E-state index contributed by atoms with van der Waals surface area (Å²) in [4.78, 5) is 0. The van der Waals surface area contributed by atoms with E-state index in [2.05, 4.69) is 19.6 Å². The van der Waals surface area contributed by atoms with Crippen LogP contribution in [0.15, 0.2) is 34.2 Å². The van der Waals surface area contributed by atoms with Crippen molar-refractivity contribution in [3.63, 3.8) is 0 Å². The summed E-state index contributed by atoms with van der Waals surface area (Å²) in [5.74, 6) is 0. The maximum Gasteiger partial charge on any atom is 0.193 e. The molecule has 0 spiro atoms. The molecule has 0 N–H and O–H groups in total. The maximum atomic E-state index is 11.2. The van der Waals surface area contributed by atoms with Crippen LogP contribution in [0.25, 0.3) is 0 Å². The standard InChI is InChI=1S/C9H14O2SSi/c1-13(2,3)9-5-4-7-12(10,11)8-6-9/h4-8H,1-3H3. The molecule has 1 rings (SSSR count). The lowest BCUT2D eigenvalue weighted by Gasteiger charge is -2.16. The van der Waals surface area contributed by atoms with E-state index in [4.69, 9.17) is 0 Å². The van der Waals surface area contributed by atoms with Crippen molar-refractivity contribution < 1.29 is 8.42 Å². The van der Waals surface area contributed by atoms with Gasteiger partial charge in [0.15, 0.2) is 9.84 Å². The molecule has 0 fully saturated rings. The Morgan fingerprint density at radius 1 is 1.15 bits per heavy atom. The van der Waals surface area contributed by atoms with Crippen molar-refractivity contribution in [1.82, 2.24) is 0 Å². The van der Waals surface area contributed by atoms with Crippen molar-refractivity contribution >= 4 is 17.9 Å². The summed E-state index contributed by atoms with van der Waals surface area (Å²) < 4.78 is 22.3. The van der Waals surface area contributed by atoms with Gasteiger partial charge < -0.3 is 0 Å². The SMILES string of the molecule is C[Si](C)(C)C1=CC=CS(=O)(=O)C=C1.